The minimum absolute atomic E-state index is 0.372. The number of nitrogens with zero attached hydrogens (tertiary/aromatic N) is 2. The number of nitrogens with one attached hydrogen (secondary N) is 1. The Labute approximate surface area is 135 Å². The Morgan fingerprint density at radius 3 is 2.74 bits per heavy atom. The maximum Gasteiger partial charge on any atom is 0.326 e. The van der Waals surface area contributed by atoms with E-state index in [-0.39, 0.29) is 5.91 Å². The molecule has 0 spiro atoms. The summed E-state index contributed by atoms with van der Waals surface area (Å²) in [6, 6.07) is 6.20. The van der Waals surface area contributed by atoms with Gasteiger partial charge in [0.2, 0.25) is 0 Å². The molecule has 0 aliphatic rings. The number of unbranched alkanes of at least 4 members (excludes halogenated alkanes) is 1. The molecule has 2 rings (SSSR count). The lowest BCUT2D eigenvalue weighted by molar-refractivity contribution is -0.139. The second-order valence-corrected chi connectivity index (χ2v) is 5.46. The highest BCUT2D eigenvalue weighted by atomic mass is 16.4. The monoisotopic (exact) mass is 315 g/mol. The van der Waals surface area contributed by atoms with E-state index in [1.807, 2.05) is 26.1 Å². The Balaban J connectivity index is 2.13. The van der Waals surface area contributed by atoms with E-state index >= 15 is 0 Å². The largest absolute Gasteiger partial charge is 0.480 e. The predicted molar refractivity (Wildman–Crippen MR) is 86.7 cm³/mol. The molecule has 2 aromatic rings. The Kier molecular flexibility index (Phi) is 5.51. The van der Waals surface area contributed by atoms with Crippen molar-refractivity contribution in [2.75, 3.05) is 0 Å². The summed E-state index contributed by atoms with van der Waals surface area (Å²) in [5.41, 5.74) is 2.22. The van der Waals surface area contributed by atoms with Crippen molar-refractivity contribution >= 4 is 11.9 Å². The lowest BCUT2D eigenvalue weighted by Crippen LogP contribution is -2.40. The molecule has 23 heavy (non-hydrogen) atoms. The second-order valence-electron chi connectivity index (χ2n) is 5.46. The van der Waals surface area contributed by atoms with E-state index in [1.54, 1.807) is 29.1 Å². The van der Waals surface area contributed by atoms with Gasteiger partial charge in [-0.3, -0.25) is 4.79 Å². The number of aromatic nitrogens is 2. The van der Waals surface area contributed by atoms with Crippen LogP contribution in [0.3, 0.4) is 0 Å². The van der Waals surface area contributed by atoms with Gasteiger partial charge in [-0.25, -0.2) is 9.48 Å². The van der Waals surface area contributed by atoms with E-state index in [4.69, 9.17) is 0 Å². The highest BCUT2D eigenvalue weighted by Gasteiger charge is 2.20. The molecular formula is C17H21N3O3. The average Bonchev–Trinajstić information content (AvgIpc) is 3.04. The topological polar surface area (TPSA) is 84.2 Å². The molecule has 2 N–H and O–H groups in total. The number of carboxylic acids is 1. The van der Waals surface area contributed by atoms with Crippen LogP contribution in [0.2, 0.25) is 0 Å². The summed E-state index contributed by atoms with van der Waals surface area (Å²) in [6.07, 6.45) is 5.59. The normalized spacial score (nSPS) is 11.9. The molecule has 0 aliphatic heterocycles. The van der Waals surface area contributed by atoms with Gasteiger partial charge in [0.1, 0.15) is 6.04 Å². The van der Waals surface area contributed by atoms with E-state index in [0.29, 0.717) is 12.0 Å². The van der Waals surface area contributed by atoms with Crippen molar-refractivity contribution in [1.29, 1.82) is 0 Å². The predicted octanol–water partition coefficient (Wildman–Crippen LogP) is 2.55. The van der Waals surface area contributed by atoms with Gasteiger partial charge in [-0.1, -0.05) is 19.8 Å². The molecule has 0 fully saturated rings. The minimum atomic E-state index is -1.00. The van der Waals surface area contributed by atoms with Crippen LogP contribution >= 0.6 is 0 Å². The quantitative estimate of drug-likeness (QED) is 0.822. The van der Waals surface area contributed by atoms with Gasteiger partial charge in [-0.15, -0.1) is 0 Å². The molecule has 0 saturated carbocycles. The first-order chi connectivity index (χ1) is 11.0. The third-order valence-electron chi connectivity index (χ3n) is 3.66. The highest BCUT2D eigenvalue weighted by molar-refractivity contribution is 5.97. The van der Waals surface area contributed by atoms with Crippen LogP contribution in [-0.2, 0) is 4.79 Å². The zero-order valence-electron chi connectivity index (χ0n) is 13.3. The average molecular weight is 315 g/mol. The number of aliphatic carboxylic acids is 1. The smallest absolute Gasteiger partial charge is 0.326 e. The van der Waals surface area contributed by atoms with Gasteiger partial charge in [-0.05, 0) is 43.2 Å². The molecule has 1 atom stereocenters. The van der Waals surface area contributed by atoms with E-state index in [2.05, 4.69) is 10.4 Å². The van der Waals surface area contributed by atoms with Gasteiger partial charge in [0.15, 0.2) is 0 Å². The molecule has 0 saturated heterocycles. The van der Waals surface area contributed by atoms with Gasteiger partial charge in [0.25, 0.3) is 5.91 Å². The number of hydrogen-bond donors (Lipinski definition) is 2. The molecule has 0 bridgehead atoms. The van der Waals surface area contributed by atoms with Crippen molar-refractivity contribution in [2.45, 2.75) is 39.2 Å². The second kappa shape index (κ2) is 7.58. The SMILES string of the molecule is CCCC[C@H](NC(=O)c1ccc(-n2cccn2)c(C)c1)C(=O)O. The fraction of sp³-hybridized carbons (Fsp3) is 0.353. The van der Waals surface area contributed by atoms with Crippen LogP contribution in [0.15, 0.2) is 36.7 Å². The summed E-state index contributed by atoms with van der Waals surface area (Å²) in [4.78, 5) is 23.5. The van der Waals surface area contributed by atoms with Crippen LogP contribution in [0.4, 0.5) is 0 Å². The highest BCUT2D eigenvalue weighted by Crippen LogP contribution is 2.15. The minimum Gasteiger partial charge on any atom is -0.480 e. The number of carbonyl (C=O) groups excluding carboxylic acids is 1. The van der Waals surface area contributed by atoms with Crippen molar-refractivity contribution in [3.05, 3.63) is 47.8 Å². The van der Waals surface area contributed by atoms with Crippen LogP contribution in [0.1, 0.15) is 42.1 Å². The van der Waals surface area contributed by atoms with Gasteiger partial charge in [-0.2, -0.15) is 5.10 Å². The van der Waals surface area contributed by atoms with Gasteiger partial charge in [0, 0.05) is 18.0 Å². The summed E-state index contributed by atoms with van der Waals surface area (Å²) in [5.74, 6) is -1.37. The lowest BCUT2D eigenvalue weighted by Gasteiger charge is -2.15. The molecule has 1 heterocycles. The summed E-state index contributed by atoms with van der Waals surface area (Å²) >= 11 is 0. The van der Waals surface area contributed by atoms with Crippen LogP contribution in [0.5, 0.6) is 0 Å². The van der Waals surface area contributed by atoms with Crippen LogP contribution in [0.25, 0.3) is 5.69 Å². The van der Waals surface area contributed by atoms with Crippen molar-refractivity contribution in [1.82, 2.24) is 15.1 Å². The van der Waals surface area contributed by atoms with Crippen molar-refractivity contribution in [3.63, 3.8) is 0 Å². The van der Waals surface area contributed by atoms with Crippen molar-refractivity contribution in [3.8, 4) is 5.69 Å². The van der Waals surface area contributed by atoms with E-state index in [9.17, 15) is 14.7 Å². The first kappa shape index (κ1) is 16.7. The molecule has 122 valence electrons. The molecule has 0 radical (unpaired) electrons. The lowest BCUT2D eigenvalue weighted by atomic mass is 10.1. The molecular weight excluding hydrogens is 294 g/mol. The third kappa shape index (κ3) is 4.18. The Morgan fingerprint density at radius 2 is 2.17 bits per heavy atom. The Morgan fingerprint density at radius 1 is 1.39 bits per heavy atom. The van der Waals surface area contributed by atoms with E-state index < -0.39 is 12.0 Å². The standard InChI is InChI=1S/C17H21N3O3/c1-3-4-6-14(17(22)23)19-16(21)13-7-8-15(12(2)11-13)20-10-5-9-18-20/h5,7-11,14H,3-4,6H2,1-2H3,(H,19,21)(H,22,23)/t14-/m0/s1. The first-order valence-corrected chi connectivity index (χ1v) is 7.67. The summed E-state index contributed by atoms with van der Waals surface area (Å²) in [7, 11) is 0. The molecule has 0 unspecified atom stereocenters. The van der Waals surface area contributed by atoms with E-state index in [0.717, 1.165) is 24.1 Å². The maximum absolute atomic E-state index is 12.3. The Hall–Kier alpha value is -2.63. The maximum atomic E-state index is 12.3. The van der Waals surface area contributed by atoms with Crippen LogP contribution in [0, 0.1) is 6.92 Å². The number of hydrogen-bond acceptors (Lipinski definition) is 3. The number of aryl methyl sites for hydroxylation is 1. The number of carbonyl (C=O) groups is 2. The molecule has 1 amide bonds. The number of benzene rings is 1. The molecule has 6 heteroatoms. The fourth-order valence-corrected chi connectivity index (χ4v) is 2.37. The van der Waals surface area contributed by atoms with Crippen LogP contribution in [-0.4, -0.2) is 32.8 Å². The number of carboxylic acid groups (broad SMARTS) is 1. The first-order valence-electron chi connectivity index (χ1n) is 7.67. The summed E-state index contributed by atoms with van der Waals surface area (Å²) in [6.45, 7) is 3.87. The van der Waals surface area contributed by atoms with Gasteiger partial charge in [0.05, 0.1) is 5.69 Å². The van der Waals surface area contributed by atoms with Crippen molar-refractivity contribution in [2.24, 2.45) is 0 Å². The molecule has 0 aliphatic carbocycles. The zero-order valence-corrected chi connectivity index (χ0v) is 13.3. The molecule has 1 aromatic heterocycles. The fourth-order valence-electron chi connectivity index (χ4n) is 2.37. The van der Waals surface area contributed by atoms with E-state index in [1.165, 1.54) is 0 Å². The number of rotatable bonds is 7. The van der Waals surface area contributed by atoms with Crippen molar-refractivity contribution < 1.29 is 14.7 Å². The number of amides is 1. The van der Waals surface area contributed by atoms with Crippen LogP contribution < -0.4 is 5.32 Å². The molecule has 6 nitrogen and oxygen atoms in total. The molecule has 1 aromatic carbocycles. The third-order valence-corrected chi connectivity index (χ3v) is 3.66. The van der Waals surface area contributed by atoms with Gasteiger partial charge < -0.3 is 10.4 Å². The summed E-state index contributed by atoms with van der Waals surface area (Å²) < 4.78 is 1.72. The van der Waals surface area contributed by atoms with Gasteiger partial charge >= 0.3 is 5.97 Å². The summed E-state index contributed by atoms with van der Waals surface area (Å²) in [5, 5.41) is 15.9. The Bertz CT molecular complexity index is 680. The zero-order chi connectivity index (χ0) is 16.8.